The second-order valence-corrected chi connectivity index (χ2v) is 3.99. The quantitative estimate of drug-likeness (QED) is 0.630. The minimum atomic E-state index is -0.308. The summed E-state index contributed by atoms with van der Waals surface area (Å²) >= 11 is 1.33. The molecule has 1 saturated carbocycles. The molecule has 0 amide bonds. The van der Waals surface area contributed by atoms with Gasteiger partial charge in [-0.3, -0.25) is 4.79 Å². The van der Waals surface area contributed by atoms with E-state index in [0.29, 0.717) is 23.3 Å². The van der Waals surface area contributed by atoms with E-state index in [1.165, 1.54) is 11.3 Å². The summed E-state index contributed by atoms with van der Waals surface area (Å²) in [5.41, 5.74) is 0.391. The van der Waals surface area contributed by atoms with Crippen molar-refractivity contribution in [2.75, 3.05) is 0 Å². The number of ketones is 1. The predicted molar refractivity (Wildman–Crippen MR) is 51.2 cm³/mol. The number of Topliss-reactive ketones (excluding diaryl/α,β-unsaturated/α-hetero) is 1. The van der Waals surface area contributed by atoms with Gasteiger partial charge in [0.1, 0.15) is 5.83 Å². The van der Waals surface area contributed by atoms with Crippen molar-refractivity contribution in [2.24, 2.45) is 0 Å². The van der Waals surface area contributed by atoms with Crippen LogP contribution in [0, 0.1) is 0 Å². The van der Waals surface area contributed by atoms with E-state index in [9.17, 15) is 9.18 Å². The molecule has 0 saturated heterocycles. The van der Waals surface area contributed by atoms with Crippen LogP contribution in [-0.4, -0.2) is 5.78 Å². The Morgan fingerprint density at radius 2 is 2.31 bits per heavy atom. The minimum absolute atomic E-state index is 0.0223. The van der Waals surface area contributed by atoms with Crippen LogP contribution in [-0.2, 0) is 4.79 Å². The first-order chi connectivity index (χ1) is 6.29. The summed E-state index contributed by atoms with van der Waals surface area (Å²) in [5, 5.41) is 1.81. The molecule has 0 N–H and O–H groups in total. The van der Waals surface area contributed by atoms with Gasteiger partial charge in [-0.25, -0.2) is 4.39 Å². The highest BCUT2D eigenvalue weighted by Gasteiger charge is 2.22. The molecule has 0 unspecified atom stereocenters. The molecular weight excluding hydrogens is 187 g/mol. The summed E-state index contributed by atoms with van der Waals surface area (Å²) < 4.78 is 13.6. The van der Waals surface area contributed by atoms with Crippen LogP contribution >= 0.6 is 11.3 Å². The normalized spacial score (nSPS) is 20.8. The van der Waals surface area contributed by atoms with Crippen molar-refractivity contribution in [1.82, 2.24) is 0 Å². The highest BCUT2D eigenvalue weighted by atomic mass is 32.1. The molecule has 1 fully saturated rings. The summed E-state index contributed by atoms with van der Waals surface area (Å²) in [6.07, 6.45) is 1.91. The van der Waals surface area contributed by atoms with Crippen molar-refractivity contribution in [2.45, 2.75) is 19.3 Å². The maximum atomic E-state index is 13.6. The number of halogens is 1. The van der Waals surface area contributed by atoms with E-state index >= 15 is 0 Å². The second kappa shape index (κ2) is 3.42. The lowest BCUT2D eigenvalue weighted by Gasteiger charge is -1.96. The number of hydrogen-bond donors (Lipinski definition) is 0. The molecule has 1 aromatic heterocycles. The Labute approximate surface area is 79.9 Å². The third-order valence-corrected chi connectivity index (χ3v) is 3.03. The predicted octanol–water partition coefficient (Wildman–Crippen LogP) is 3.18. The van der Waals surface area contributed by atoms with Crippen LogP contribution in [0.4, 0.5) is 4.39 Å². The zero-order chi connectivity index (χ0) is 9.26. The molecule has 0 bridgehead atoms. The van der Waals surface area contributed by atoms with Gasteiger partial charge in [0.15, 0.2) is 5.78 Å². The molecule has 13 heavy (non-hydrogen) atoms. The number of rotatable bonds is 1. The van der Waals surface area contributed by atoms with E-state index in [-0.39, 0.29) is 11.6 Å². The third kappa shape index (κ3) is 1.56. The number of allylic oxidation sites excluding steroid dienone is 1. The van der Waals surface area contributed by atoms with Gasteiger partial charge in [-0.05, 0) is 24.3 Å². The van der Waals surface area contributed by atoms with E-state index in [1.54, 1.807) is 12.1 Å². The van der Waals surface area contributed by atoms with Crippen LogP contribution in [0.5, 0.6) is 0 Å². The Hall–Kier alpha value is -0.960. The average molecular weight is 196 g/mol. The lowest BCUT2D eigenvalue weighted by molar-refractivity contribution is -0.114. The van der Waals surface area contributed by atoms with Crippen LogP contribution in [0.3, 0.4) is 0 Å². The maximum Gasteiger partial charge on any atom is 0.161 e. The van der Waals surface area contributed by atoms with Crippen LogP contribution < -0.4 is 0 Å². The van der Waals surface area contributed by atoms with E-state index < -0.39 is 0 Å². The highest BCUT2D eigenvalue weighted by Crippen LogP contribution is 2.31. The summed E-state index contributed by atoms with van der Waals surface area (Å²) in [6.45, 7) is 0. The summed E-state index contributed by atoms with van der Waals surface area (Å²) in [7, 11) is 0. The Kier molecular flexibility index (Phi) is 2.27. The van der Waals surface area contributed by atoms with E-state index in [1.807, 2.05) is 5.38 Å². The number of thiophene rings is 1. The maximum absolute atomic E-state index is 13.6. The summed E-state index contributed by atoms with van der Waals surface area (Å²) in [4.78, 5) is 11.8. The van der Waals surface area contributed by atoms with Crippen LogP contribution in [0.2, 0.25) is 0 Å². The monoisotopic (exact) mass is 196 g/mol. The second-order valence-electron chi connectivity index (χ2n) is 3.05. The molecule has 0 radical (unpaired) electrons. The molecular formula is C10H9FOS. The Balaban J connectivity index is 2.38. The molecule has 0 aromatic carbocycles. The van der Waals surface area contributed by atoms with Crippen molar-refractivity contribution in [3.05, 3.63) is 28.0 Å². The van der Waals surface area contributed by atoms with Gasteiger partial charge in [0, 0.05) is 12.0 Å². The average Bonchev–Trinajstić information content (AvgIpc) is 2.72. The molecule has 0 aliphatic heterocycles. The Morgan fingerprint density at radius 3 is 2.85 bits per heavy atom. The van der Waals surface area contributed by atoms with Crippen molar-refractivity contribution in [3.8, 4) is 0 Å². The first-order valence-electron chi connectivity index (χ1n) is 4.25. The lowest BCUT2D eigenvalue weighted by Crippen LogP contribution is -1.93. The standard InChI is InChI=1S/C10H9FOS/c11-10(9-5-2-6-13-9)7-3-1-4-8(7)12/h2,5-6H,1,3-4H2/b10-7+. The van der Waals surface area contributed by atoms with Gasteiger partial charge in [0.25, 0.3) is 0 Å². The SMILES string of the molecule is O=C1CCC/C1=C(\F)c1cccs1. The smallest absolute Gasteiger partial charge is 0.161 e. The zero-order valence-electron chi connectivity index (χ0n) is 7.05. The van der Waals surface area contributed by atoms with Crippen molar-refractivity contribution in [3.63, 3.8) is 0 Å². The molecule has 1 nitrogen and oxygen atoms in total. The van der Waals surface area contributed by atoms with Gasteiger partial charge in [-0.15, -0.1) is 11.3 Å². The van der Waals surface area contributed by atoms with Gasteiger partial charge in [0.05, 0.1) is 4.88 Å². The van der Waals surface area contributed by atoms with Crippen molar-refractivity contribution < 1.29 is 9.18 Å². The number of carbonyl (C=O) groups is 1. The molecule has 2 rings (SSSR count). The Morgan fingerprint density at radius 1 is 1.46 bits per heavy atom. The van der Waals surface area contributed by atoms with Crippen LogP contribution in [0.1, 0.15) is 24.1 Å². The largest absolute Gasteiger partial charge is 0.294 e. The van der Waals surface area contributed by atoms with E-state index in [4.69, 9.17) is 0 Å². The molecule has 3 heteroatoms. The lowest BCUT2D eigenvalue weighted by atomic mass is 10.2. The molecule has 68 valence electrons. The third-order valence-electron chi connectivity index (χ3n) is 2.17. The molecule has 1 aliphatic rings. The minimum Gasteiger partial charge on any atom is -0.294 e. The van der Waals surface area contributed by atoms with Gasteiger partial charge < -0.3 is 0 Å². The van der Waals surface area contributed by atoms with E-state index in [2.05, 4.69) is 0 Å². The first-order valence-corrected chi connectivity index (χ1v) is 5.13. The highest BCUT2D eigenvalue weighted by molar-refractivity contribution is 7.11. The number of hydrogen-bond acceptors (Lipinski definition) is 2. The van der Waals surface area contributed by atoms with Crippen molar-refractivity contribution in [1.29, 1.82) is 0 Å². The number of carbonyl (C=O) groups excluding carboxylic acids is 1. The van der Waals surface area contributed by atoms with Gasteiger partial charge >= 0.3 is 0 Å². The molecule has 0 spiro atoms. The fourth-order valence-electron chi connectivity index (χ4n) is 1.50. The van der Waals surface area contributed by atoms with Crippen LogP contribution in [0.15, 0.2) is 23.1 Å². The van der Waals surface area contributed by atoms with Gasteiger partial charge in [-0.1, -0.05) is 6.07 Å². The van der Waals surface area contributed by atoms with Crippen LogP contribution in [0.25, 0.3) is 5.83 Å². The topological polar surface area (TPSA) is 17.1 Å². The van der Waals surface area contributed by atoms with Crippen molar-refractivity contribution >= 4 is 22.9 Å². The molecule has 1 heterocycles. The first kappa shape index (κ1) is 8.63. The molecule has 1 aliphatic carbocycles. The summed E-state index contributed by atoms with van der Waals surface area (Å²) in [5.74, 6) is -0.330. The molecule has 1 aromatic rings. The van der Waals surface area contributed by atoms with E-state index in [0.717, 1.165) is 6.42 Å². The summed E-state index contributed by atoms with van der Waals surface area (Å²) in [6, 6.07) is 3.50. The fraction of sp³-hybridized carbons (Fsp3) is 0.300. The Bertz CT molecular complexity index is 351. The van der Waals surface area contributed by atoms with Gasteiger partial charge in [-0.2, -0.15) is 0 Å². The van der Waals surface area contributed by atoms with Gasteiger partial charge in [0.2, 0.25) is 0 Å². The zero-order valence-corrected chi connectivity index (χ0v) is 7.86. The molecule has 0 atom stereocenters. The fourth-order valence-corrected chi connectivity index (χ4v) is 2.19.